The topological polar surface area (TPSA) is 15.6 Å². The van der Waals surface area contributed by atoms with Crippen LogP contribution in [0.4, 0.5) is 11.4 Å². The van der Waals surface area contributed by atoms with Gasteiger partial charge in [-0.1, -0.05) is 36.4 Å². The summed E-state index contributed by atoms with van der Waals surface area (Å²) in [7, 11) is 0. The van der Waals surface area contributed by atoms with E-state index in [2.05, 4.69) is 64.6 Å². The van der Waals surface area contributed by atoms with Crippen molar-refractivity contribution < 1.29 is 0 Å². The average molecular weight is 234 g/mol. The summed E-state index contributed by atoms with van der Waals surface area (Å²) in [6.07, 6.45) is 3.18. The van der Waals surface area contributed by atoms with E-state index in [1.165, 1.54) is 16.8 Å². The largest absolute Gasteiger partial charge is 0.359 e. The second-order valence-electron chi connectivity index (χ2n) is 4.93. The highest BCUT2D eigenvalue weighted by Gasteiger charge is 2.29. The third kappa shape index (κ3) is 1.39. The first-order valence-corrected chi connectivity index (χ1v) is 6.38. The maximum absolute atomic E-state index is 4.65. The fraction of sp³-hybridized carbons (Fsp3) is 0.188. The fourth-order valence-corrected chi connectivity index (χ4v) is 2.93. The summed E-state index contributed by atoms with van der Waals surface area (Å²) in [5.74, 6) is 0. The van der Waals surface area contributed by atoms with E-state index in [1.54, 1.807) is 0 Å². The molecule has 0 saturated heterocycles. The first-order valence-electron chi connectivity index (χ1n) is 6.38. The molecule has 2 aromatic rings. The van der Waals surface area contributed by atoms with E-state index in [9.17, 15) is 0 Å². The number of hydrogen-bond acceptors (Lipinski definition) is 2. The monoisotopic (exact) mass is 234 g/mol. The Labute approximate surface area is 107 Å². The van der Waals surface area contributed by atoms with Crippen LogP contribution >= 0.6 is 0 Å². The Morgan fingerprint density at radius 1 is 0.944 bits per heavy atom. The molecule has 18 heavy (non-hydrogen) atoms. The van der Waals surface area contributed by atoms with Gasteiger partial charge in [0.05, 0.1) is 11.7 Å². The Bertz CT molecular complexity index is 630. The fourth-order valence-electron chi connectivity index (χ4n) is 2.93. The van der Waals surface area contributed by atoms with Crippen LogP contribution in [0.25, 0.3) is 0 Å². The Hall–Kier alpha value is -2.09. The lowest BCUT2D eigenvalue weighted by molar-refractivity contribution is 0.773. The minimum Gasteiger partial charge on any atom is -0.359 e. The van der Waals surface area contributed by atoms with Gasteiger partial charge in [-0.2, -0.15) is 0 Å². The summed E-state index contributed by atoms with van der Waals surface area (Å²) in [6.45, 7) is 0.956. The number of rotatable bonds is 0. The molecule has 2 aromatic carbocycles. The third-order valence-corrected chi connectivity index (χ3v) is 3.85. The molecule has 4 rings (SSSR count). The molecule has 2 heteroatoms. The number of hydrogen-bond donors (Lipinski definition) is 0. The first-order chi connectivity index (χ1) is 8.92. The molecule has 0 spiro atoms. The molecule has 2 aliphatic heterocycles. The standard InChI is InChI=1S/C16H14N2/c1-3-7-15-13(6-1)11-18-14(10-17-15)9-12-5-2-4-8-16(12)18/h1-8,10,14H,9,11H2/t14-/m0/s1. The molecule has 0 aromatic heterocycles. The highest BCUT2D eigenvalue weighted by atomic mass is 15.2. The normalized spacial score (nSPS) is 20.0. The van der Waals surface area contributed by atoms with Crippen LogP contribution in [0.3, 0.4) is 0 Å². The first kappa shape index (κ1) is 9.89. The molecule has 2 aliphatic rings. The predicted molar refractivity (Wildman–Crippen MR) is 74.7 cm³/mol. The van der Waals surface area contributed by atoms with Crippen LogP contribution in [0.15, 0.2) is 53.5 Å². The van der Waals surface area contributed by atoms with Gasteiger partial charge >= 0.3 is 0 Å². The molecule has 0 saturated carbocycles. The Morgan fingerprint density at radius 3 is 2.67 bits per heavy atom. The van der Waals surface area contributed by atoms with Crippen molar-refractivity contribution in [3.05, 3.63) is 59.7 Å². The van der Waals surface area contributed by atoms with Gasteiger partial charge in [-0.15, -0.1) is 0 Å². The van der Waals surface area contributed by atoms with Gasteiger partial charge in [0.2, 0.25) is 0 Å². The van der Waals surface area contributed by atoms with E-state index in [1.807, 2.05) is 0 Å². The van der Waals surface area contributed by atoms with Gasteiger partial charge in [-0.3, -0.25) is 4.99 Å². The molecule has 1 atom stereocenters. The summed E-state index contributed by atoms with van der Waals surface area (Å²) in [6, 6.07) is 17.5. The van der Waals surface area contributed by atoms with Gasteiger partial charge in [-0.25, -0.2) is 0 Å². The summed E-state index contributed by atoms with van der Waals surface area (Å²) in [4.78, 5) is 7.11. The highest BCUT2D eigenvalue weighted by molar-refractivity contribution is 5.80. The number of aliphatic imine (C=N–C) groups is 1. The molecular weight excluding hydrogens is 220 g/mol. The molecule has 88 valence electrons. The Balaban J connectivity index is 1.82. The lowest BCUT2D eigenvalue weighted by atomic mass is 10.1. The zero-order valence-corrected chi connectivity index (χ0v) is 10.1. The molecule has 0 N–H and O–H groups in total. The molecule has 0 amide bonds. The molecule has 2 nitrogen and oxygen atoms in total. The zero-order chi connectivity index (χ0) is 11.9. The van der Waals surface area contributed by atoms with Crippen LogP contribution < -0.4 is 4.90 Å². The van der Waals surface area contributed by atoms with Crippen molar-refractivity contribution in [2.75, 3.05) is 4.90 Å². The number of nitrogens with zero attached hydrogens (tertiary/aromatic N) is 2. The maximum Gasteiger partial charge on any atom is 0.0689 e. The van der Waals surface area contributed by atoms with Gasteiger partial charge < -0.3 is 4.90 Å². The van der Waals surface area contributed by atoms with Crippen LogP contribution in [0.1, 0.15) is 11.1 Å². The van der Waals surface area contributed by atoms with Crippen molar-refractivity contribution in [2.24, 2.45) is 4.99 Å². The van der Waals surface area contributed by atoms with Gasteiger partial charge in [0.25, 0.3) is 0 Å². The van der Waals surface area contributed by atoms with Crippen molar-refractivity contribution in [3.63, 3.8) is 0 Å². The van der Waals surface area contributed by atoms with Crippen molar-refractivity contribution in [1.29, 1.82) is 0 Å². The zero-order valence-electron chi connectivity index (χ0n) is 10.1. The van der Waals surface area contributed by atoms with Gasteiger partial charge in [-0.05, 0) is 29.7 Å². The van der Waals surface area contributed by atoms with E-state index < -0.39 is 0 Å². The van der Waals surface area contributed by atoms with Crippen LogP contribution in [0, 0.1) is 0 Å². The molecule has 0 bridgehead atoms. The smallest absolute Gasteiger partial charge is 0.0689 e. The second kappa shape index (κ2) is 3.70. The van der Waals surface area contributed by atoms with Crippen LogP contribution in [-0.2, 0) is 13.0 Å². The second-order valence-corrected chi connectivity index (χ2v) is 4.93. The molecule has 2 heterocycles. The van der Waals surface area contributed by atoms with E-state index in [0.29, 0.717) is 6.04 Å². The number of para-hydroxylation sites is 2. The Kier molecular flexibility index (Phi) is 2.04. The van der Waals surface area contributed by atoms with Gasteiger partial charge in [0.1, 0.15) is 0 Å². The average Bonchev–Trinajstić information content (AvgIpc) is 2.65. The lowest BCUT2D eigenvalue weighted by Crippen LogP contribution is -2.31. The molecule has 0 radical (unpaired) electrons. The number of anilines is 1. The van der Waals surface area contributed by atoms with E-state index in [4.69, 9.17) is 0 Å². The van der Waals surface area contributed by atoms with Crippen molar-refractivity contribution in [1.82, 2.24) is 0 Å². The highest BCUT2D eigenvalue weighted by Crippen LogP contribution is 2.36. The summed E-state index contributed by atoms with van der Waals surface area (Å²) in [5.41, 5.74) is 5.23. The molecule has 0 fully saturated rings. The van der Waals surface area contributed by atoms with Gasteiger partial charge in [0, 0.05) is 18.4 Å². The van der Waals surface area contributed by atoms with Crippen molar-refractivity contribution in [3.8, 4) is 0 Å². The quantitative estimate of drug-likeness (QED) is 0.682. The van der Waals surface area contributed by atoms with E-state index >= 15 is 0 Å². The summed E-state index contributed by atoms with van der Waals surface area (Å²) >= 11 is 0. The third-order valence-electron chi connectivity index (χ3n) is 3.85. The van der Waals surface area contributed by atoms with E-state index in [0.717, 1.165) is 18.7 Å². The minimum absolute atomic E-state index is 0.412. The molecule has 0 unspecified atom stereocenters. The Morgan fingerprint density at radius 2 is 1.72 bits per heavy atom. The van der Waals surface area contributed by atoms with E-state index in [-0.39, 0.29) is 0 Å². The number of benzene rings is 2. The SMILES string of the molecule is C1=Nc2ccccc2CN2c3ccccc3C[C@@H]12. The van der Waals surface area contributed by atoms with Crippen molar-refractivity contribution in [2.45, 2.75) is 19.0 Å². The number of fused-ring (bicyclic) bond motifs is 4. The maximum atomic E-state index is 4.65. The van der Waals surface area contributed by atoms with Crippen LogP contribution in [-0.4, -0.2) is 12.3 Å². The van der Waals surface area contributed by atoms with Crippen molar-refractivity contribution >= 4 is 17.6 Å². The van der Waals surface area contributed by atoms with Crippen LogP contribution in [0.5, 0.6) is 0 Å². The molecule has 0 aliphatic carbocycles. The minimum atomic E-state index is 0.412. The predicted octanol–water partition coefficient (Wildman–Crippen LogP) is 3.33. The van der Waals surface area contributed by atoms with Gasteiger partial charge in [0.15, 0.2) is 0 Å². The summed E-state index contributed by atoms with van der Waals surface area (Å²) in [5, 5.41) is 0. The molecular formula is C16H14N2. The van der Waals surface area contributed by atoms with Crippen LogP contribution in [0.2, 0.25) is 0 Å². The summed E-state index contributed by atoms with van der Waals surface area (Å²) < 4.78 is 0. The lowest BCUT2D eigenvalue weighted by Gasteiger charge is -2.23.